The van der Waals surface area contributed by atoms with E-state index in [1.807, 2.05) is 0 Å². The molecule has 1 N–H and O–H groups in total. The van der Waals surface area contributed by atoms with Gasteiger partial charge in [-0.05, 0) is 12.1 Å². The third-order valence-electron chi connectivity index (χ3n) is 2.57. The van der Waals surface area contributed by atoms with Gasteiger partial charge in [0.25, 0.3) is 5.56 Å². The van der Waals surface area contributed by atoms with E-state index in [0.717, 1.165) is 4.68 Å². The van der Waals surface area contributed by atoms with E-state index in [4.69, 9.17) is 0 Å². The summed E-state index contributed by atoms with van der Waals surface area (Å²) in [6.45, 7) is -0.374. The number of carbonyl (C=O) groups excluding carboxylic acids is 2. The minimum atomic E-state index is -1.26. The summed E-state index contributed by atoms with van der Waals surface area (Å²) >= 11 is 0. The van der Waals surface area contributed by atoms with E-state index in [9.17, 15) is 19.5 Å². The predicted octanol–water partition coefficient (Wildman–Crippen LogP) is -1.95. The van der Waals surface area contributed by atoms with E-state index in [1.54, 1.807) is 24.3 Å². The maximum atomic E-state index is 12.0. The molecular formula is C12H11N4O4-. The van der Waals surface area contributed by atoms with E-state index < -0.39 is 17.4 Å². The van der Waals surface area contributed by atoms with Gasteiger partial charge in [-0.2, -0.15) is 0 Å². The molecule has 8 nitrogen and oxygen atoms in total. The average molecular weight is 275 g/mol. The molecule has 0 atom stereocenters. The van der Waals surface area contributed by atoms with Gasteiger partial charge in [-0.1, -0.05) is 17.3 Å². The van der Waals surface area contributed by atoms with Crippen LogP contribution in [0.5, 0.6) is 0 Å². The summed E-state index contributed by atoms with van der Waals surface area (Å²) in [5.41, 5.74) is 0.0248. The number of fused-ring (bicyclic) bond motifs is 1. The Kier molecular flexibility index (Phi) is 4.04. The Morgan fingerprint density at radius 1 is 1.30 bits per heavy atom. The van der Waals surface area contributed by atoms with Crippen LogP contribution in [0.2, 0.25) is 0 Å². The smallest absolute Gasteiger partial charge is 0.278 e. The number of carbonyl (C=O) groups is 2. The molecule has 0 saturated carbocycles. The summed E-state index contributed by atoms with van der Waals surface area (Å²) in [6.07, 6.45) is -0.288. The molecule has 0 saturated heterocycles. The summed E-state index contributed by atoms with van der Waals surface area (Å²) in [5.74, 6) is -1.77. The molecule has 1 aromatic heterocycles. The number of aromatic nitrogens is 3. The molecule has 2 rings (SSSR count). The second-order valence-corrected chi connectivity index (χ2v) is 4.04. The van der Waals surface area contributed by atoms with Crippen molar-refractivity contribution in [3.63, 3.8) is 0 Å². The monoisotopic (exact) mass is 275 g/mol. The SMILES string of the molecule is O=C([O-])CCNC(=O)Cn1nnc2ccccc2c1=O. The van der Waals surface area contributed by atoms with Crippen LogP contribution in [0, 0.1) is 0 Å². The molecule has 2 aromatic rings. The van der Waals surface area contributed by atoms with Crippen LogP contribution < -0.4 is 16.0 Å². The zero-order chi connectivity index (χ0) is 14.5. The Labute approximate surface area is 113 Å². The van der Waals surface area contributed by atoms with Crippen molar-refractivity contribution < 1.29 is 14.7 Å². The first-order valence-corrected chi connectivity index (χ1v) is 5.87. The summed E-state index contributed by atoms with van der Waals surface area (Å²) < 4.78 is 0.927. The van der Waals surface area contributed by atoms with Crippen molar-refractivity contribution in [3.8, 4) is 0 Å². The molecule has 0 aliphatic rings. The van der Waals surface area contributed by atoms with E-state index in [-0.39, 0.29) is 19.5 Å². The molecule has 0 fully saturated rings. The lowest BCUT2D eigenvalue weighted by molar-refractivity contribution is -0.305. The lowest BCUT2D eigenvalue weighted by atomic mass is 10.2. The standard InChI is InChI=1S/C12H12N4O4/c17-10(13-6-5-11(18)19)7-16-12(20)8-3-1-2-4-9(8)14-15-16/h1-4H,5-7H2,(H,13,17)(H,18,19)/p-1. The van der Waals surface area contributed by atoms with Crippen LogP contribution in [0.3, 0.4) is 0 Å². The van der Waals surface area contributed by atoms with Gasteiger partial charge in [-0.25, -0.2) is 4.68 Å². The summed E-state index contributed by atoms with van der Waals surface area (Å²) in [6, 6.07) is 6.66. The van der Waals surface area contributed by atoms with Crippen LogP contribution in [0.15, 0.2) is 29.1 Å². The number of carboxylic acids is 1. The zero-order valence-electron chi connectivity index (χ0n) is 10.4. The van der Waals surface area contributed by atoms with Gasteiger partial charge in [0, 0.05) is 18.9 Å². The van der Waals surface area contributed by atoms with Crippen molar-refractivity contribution in [2.24, 2.45) is 0 Å². The van der Waals surface area contributed by atoms with Gasteiger partial charge in [-0.3, -0.25) is 9.59 Å². The van der Waals surface area contributed by atoms with Crippen molar-refractivity contribution >= 4 is 22.8 Å². The number of benzene rings is 1. The van der Waals surface area contributed by atoms with Crippen LogP contribution in [0.1, 0.15) is 6.42 Å². The topological polar surface area (TPSA) is 117 Å². The number of amides is 1. The summed E-state index contributed by atoms with van der Waals surface area (Å²) in [4.78, 5) is 33.8. The summed E-state index contributed by atoms with van der Waals surface area (Å²) in [5, 5.41) is 20.4. The van der Waals surface area contributed by atoms with Crippen LogP contribution in [-0.2, 0) is 16.1 Å². The summed E-state index contributed by atoms with van der Waals surface area (Å²) in [7, 11) is 0. The number of aliphatic carboxylic acids is 1. The first-order chi connectivity index (χ1) is 9.58. The first kappa shape index (κ1) is 13.7. The maximum absolute atomic E-state index is 12.0. The fourth-order valence-electron chi connectivity index (χ4n) is 1.62. The van der Waals surface area contributed by atoms with Crippen molar-refractivity contribution in [1.29, 1.82) is 0 Å². The Balaban J connectivity index is 2.10. The number of nitrogens with one attached hydrogen (secondary N) is 1. The average Bonchev–Trinajstić information content (AvgIpc) is 2.42. The van der Waals surface area contributed by atoms with Crippen LogP contribution >= 0.6 is 0 Å². The molecule has 0 radical (unpaired) electrons. The number of hydrogen-bond donors (Lipinski definition) is 1. The molecule has 0 spiro atoms. The molecule has 1 heterocycles. The second kappa shape index (κ2) is 5.91. The highest BCUT2D eigenvalue weighted by atomic mass is 16.4. The van der Waals surface area contributed by atoms with Crippen LogP contribution in [0.25, 0.3) is 10.9 Å². The van der Waals surface area contributed by atoms with Gasteiger partial charge in [0.2, 0.25) is 5.91 Å². The van der Waals surface area contributed by atoms with Crippen molar-refractivity contribution in [3.05, 3.63) is 34.6 Å². The lowest BCUT2D eigenvalue weighted by Crippen LogP contribution is -2.36. The van der Waals surface area contributed by atoms with Gasteiger partial charge in [0.05, 0.1) is 5.39 Å². The third-order valence-corrected chi connectivity index (χ3v) is 2.57. The van der Waals surface area contributed by atoms with Gasteiger partial charge >= 0.3 is 0 Å². The number of hydrogen-bond acceptors (Lipinski definition) is 6. The normalized spacial score (nSPS) is 10.4. The molecule has 1 amide bonds. The second-order valence-electron chi connectivity index (χ2n) is 4.04. The Morgan fingerprint density at radius 3 is 2.80 bits per heavy atom. The largest absolute Gasteiger partial charge is 0.550 e. The van der Waals surface area contributed by atoms with E-state index >= 15 is 0 Å². The van der Waals surface area contributed by atoms with Gasteiger partial charge < -0.3 is 15.2 Å². The van der Waals surface area contributed by atoms with E-state index in [0.29, 0.717) is 10.9 Å². The zero-order valence-corrected chi connectivity index (χ0v) is 10.4. The highest BCUT2D eigenvalue weighted by molar-refractivity contribution is 5.78. The van der Waals surface area contributed by atoms with E-state index in [2.05, 4.69) is 15.6 Å². The highest BCUT2D eigenvalue weighted by Crippen LogP contribution is 2.02. The molecule has 0 unspecified atom stereocenters. The van der Waals surface area contributed by atoms with Gasteiger partial charge in [0.15, 0.2) is 0 Å². The minimum absolute atomic E-state index is 0.0586. The van der Waals surface area contributed by atoms with Gasteiger partial charge in [-0.15, -0.1) is 5.10 Å². The fraction of sp³-hybridized carbons (Fsp3) is 0.250. The van der Waals surface area contributed by atoms with Crippen molar-refractivity contribution in [2.45, 2.75) is 13.0 Å². The highest BCUT2D eigenvalue weighted by Gasteiger charge is 2.08. The minimum Gasteiger partial charge on any atom is -0.550 e. The molecule has 0 aliphatic heterocycles. The third kappa shape index (κ3) is 3.16. The van der Waals surface area contributed by atoms with Gasteiger partial charge in [0.1, 0.15) is 12.1 Å². The maximum Gasteiger partial charge on any atom is 0.278 e. The molecule has 20 heavy (non-hydrogen) atoms. The van der Waals surface area contributed by atoms with Crippen LogP contribution in [0.4, 0.5) is 0 Å². The molecular weight excluding hydrogens is 264 g/mol. The Bertz CT molecular complexity index is 710. The van der Waals surface area contributed by atoms with Crippen molar-refractivity contribution in [1.82, 2.24) is 20.3 Å². The first-order valence-electron chi connectivity index (χ1n) is 5.87. The van der Waals surface area contributed by atoms with Crippen LogP contribution in [-0.4, -0.2) is 33.4 Å². The Morgan fingerprint density at radius 2 is 2.05 bits per heavy atom. The molecule has 1 aromatic carbocycles. The number of rotatable bonds is 5. The number of nitrogens with zero attached hydrogens (tertiary/aromatic N) is 3. The fourth-order valence-corrected chi connectivity index (χ4v) is 1.62. The quantitative estimate of drug-likeness (QED) is 0.677. The lowest BCUT2D eigenvalue weighted by Gasteiger charge is -2.07. The Hall–Kier alpha value is -2.77. The molecule has 104 valence electrons. The van der Waals surface area contributed by atoms with E-state index in [1.165, 1.54) is 0 Å². The van der Waals surface area contributed by atoms with Crippen molar-refractivity contribution in [2.75, 3.05) is 6.54 Å². The molecule has 0 aliphatic carbocycles. The predicted molar refractivity (Wildman–Crippen MR) is 66.4 cm³/mol. The molecule has 0 bridgehead atoms. The number of carboxylic acid groups (broad SMARTS) is 1. The molecule has 8 heteroatoms.